The van der Waals surface area contributed by atoms with Gasteiger partial charge in [0.15, 0.2) is 0 Å². The summed E-state index contributed by atoms with van der Waals surface area (Å²) in [6, 6.07) is 9.02. The van der Waals surface area contributed by atoms with E-state index in [9.17, 15) is 0 Å². The van der Waals surface area contributed by atoms with Gasteiger partial charge >= 0.3 is 0 Å². The summed E-state index contributed by atoms with van der Waals surface area (Å²) < 4.78 is 11.2. The van der Waals surface area contributed by atoms with E-state index in [-0.39, 0.29) is 0 Å². The second kappa shape index (κ2) is 9.06. The fourth-order valence-electron chi connectivity index (χ4n) is 2.77. The molecule has 1 aromatic rings. The summed E-state index contributed by atoms with van der Waals surface area (Å²) in [7, 11) is 0. The van der Waals surface area contributed by atoms with E-state index in [0.717, 1.165) is 51.4 Å². The maximum absolute atomic E-state index is 5.66. The van der Waals surface area contributed by atoms with Gasteiger partial charge in [-0.25, -0.2) is 0 Å². The highest BCUT2D eigenvalue weighted by Crippen LogP contribution is 2.27. The third-order valence-corrected chi connectivity index (χ3v) is 3.99. The average Bonchev–Trinajstić information content (AvgIpc) is 3.03. The normalized spacial score (nSPS) is 19.6. The van der Waals surface area contributed by atoms with Crippen molar-refractivity contribution in [3.63, 3.8) is 0 Å². The fourth-order valence-corrected chi connectivity index (χ4v) is 2.77. The van der Waals surface area contributed by atoms with Crippen LogP contribution in [0.1, 0.15) is 51.1 Å². The molecule has 1 fully saturated rings. The Labute approximate surface area is 129 Å². The molecule has 1 aromatic carbocycles. The molecule has 1 saturated heterocycles. The zero-order chi connectivity index (χ0) is 14.9. The quantitative estimate of drug-likeness (QED) is 0.747. The topological polar surface area (TPSA) is 30.5 Å². The second-order valence-electron chi connectivity index (χ2n) is 5.89. The van der Waals surface area contributed by atoms with Crippen LogP contribution in [-0.4, -0.2) is 26.4 Å². The number of nitrogens with one attached hydrogen (secondary N) is 1. The maximum Gasteiger partial charge on any atom is 0.119 e. The second-order valence-corrected chi connectivity index (χ2v) is 5.89. The molecule has 2 rings (SSSR count). The molecule has 0 bridgehead atoms. The van der Waals surface area contributed by atoms with E-state index >= 15 is 0 Å². The zero-order valence-corrected chi connectivity index (χ0v) is 13.4. The Balaban J connectivity index is 1.97. The lowest BCUT2D eigenvalue weighted by molar-refractivity contribution is 0.181. The van der Waals surface area contributed by atoms with Gasteiger partial charge in [-0.3, -0.25) is 0 Å². The first-order chi connectivity index (χ1) is 10.3. The Hall–Kier alpha value is -1.06. The molecule has 0 spiro atoms. The molecule has 2 atom stereocenters. The van der Waals surface area contributed by atoms with Crippen molar-refractivity contribution in [2.24, 2.45) is 5.92 Å². The first-order valence-electron chi connectivity index (χ1n) is 8.37. The van der Waals surface area contributed by atoms with E-state index in [4.69, 9.17) is 9.47 Å². The summed E-state index contributed by atoms with van der Waals surface area (Å²) in [5.41, 5.74) is 1.36. The van der Waals surface area contributed by atoms with E-state index in [1.165, 1.54) is 12.0 Å². The molecule has 0 saturated carbocycles. The summed E-state index contributed by atoms with van der Waals surface area (Å²) in [6.45, 7) is 8.03. The minimum atomic E-state index is 0.428. The molecule has 2 unspecified atom stereocenters. The van der Waals surface area contributed by atoms with Crippen LogP contribution in [0.3, 0.4) is 0 Å². The number of hydrogen-bond acceptors (Lipinski definition) is 3. The van der Waals surface area contributed by atoms with Gasteiger partial charge in [0, 0.05) is 19.3 Å². The third kappa shape index (κ3) is 5.33. The first-order valence-corrected chi connectivity index (χ1v) is 8.37. The monoisotopic (exact) mass is 291 g/mol. The van der Waals surface area contributed by atoms with Gasteiger partial charge in [0.25, 0.3) is 0 Å². The average molecular weight is 291 g/mol. The van der Waals surface area contributed by atoms with Crippen molar-refractivity contribution in [2.75, 3.05) is 26.4 Å². The molecular weight excluding hydrogens is 262 g/mol. The van der Waals surface area contributed by atoms with Crippen LogP contribution in [0.15, 0.2) is 24.3 Å². The van der Waals surface area contributed by atoms with Crippen molar-refractivity contribution in [1.29, 1.82) is 0 Å². The van der Waals surface area contributed by atoms with E-state index < -0.39 is 0 Å². The van der Waals surface area contributed by atoms with E-state index in [1.54, 1.807) is 0 Å². The van der Waals surface area contributed by atoms with Crippen molar-refractivity contribution in [3.05, 3.63) is 29.8 Å². The summed E-state index contributed by atoms with van der Waals surface area (Å²) in [5, 5.41) is 3.68. The predicted octanol–water partition coefficient (Wildman–Crippen LogP) is 3.94. The summed E-state index contributed by atoms with van der Waals surface area (Å²) in [5.74, 6) is 1.66. The van der Waals surface area contributed by atoms with Gasteiger partial charge in [0.2, 0.25) is 0 Å². The highest BCUT2D eigenvalue weighted by molar-refractivity contribution is 5.29. The van der Waals surface area contributed by atoms with Gasteiger partial charge in [0.05, 0.1) is 6.61 Å². The molecule has 1 aliphatic rings. The largest absolute Gasteiger partial charge is 0.494 e. The van der Waals surface area contributed by atoms with E-state index in [2.05, 4.69) is 43.4 Å². The van der Waals surface area contributed by atoms with E-state index in [0.29, 0.717) is 12.0 Å². The molecule has 0 radical (unpaired) electrons. The predicted molar refractivity (Wildman–Crippen MR) is 86.8 cm³/mol. The van der Waals surface area contributed by atoms with Crippen molar-refractivity contribution in [3.8, 4) is 5.75 Å². The fraction of sp³-hybridized carbons (Fsp3) is 0.667. The van der Waals surface area contributed by atoms with Gasteiger partial charge in [-0.1, -0.05) is 26.0 Å². The Morgan fingerprint density at radius 3 is 2.67 bits per heavy atom. The van der Waals surface area contributed by atoms with Crippen LogP contribution in [0.25, 0.3) is 0 Å². The molecule has 0 aliphatic carbocycles. The molecule has 0 amide bonds. The van der Waals surface area contributed by atoms with Gasteiger partial charge in [-0.15, -0.1) is 0 Å². The number of ether oxygens (including phenoxy) is 2. The van der Waals surface area contributed by atoms with Crippen LogP contribution in [-0.2, 0) is 4.74 Å². The summed E-state index contributed by atoms with van der Waals surface area (Å²) in [6.07, 6.45) is 4.57. The van der Waals surface area contributed by atoms with Crippen LogP contribution in [0.2, 0.25) is 0 Å². The third-order valence-electron chi connectivity index (χ3n) is 3.99. The van der Waals surface area contributed by atoms with Crippen LogP contribution >= 0.6 is 0 Å². The molecular formula is C18H29NO2. The SMILES string of the molecule is CCCNC(CC1CCOC1)c1ccc(OCCC)cc1. The summed E-state index contributed by atoms with van der Waals surface area (Å²) >= 11 is 0. The highest BCUT2D eigenvalue weighted by Gasteiger charge is 2.21. The Morgan fingerprint density at radius 1 is 1.24 bits per heavy atom. The number of benzene rings is 1. The number of hydrogen-bond donors (Lipinski definition) is 1. The number of rotatable bonds is 9. The Bertz CT molecular complexity index is 385. The van der Waals surface area contributed by atoms with Gasteiger partial charge in [-0.05, 0) is 55.8 Å². The lowest BCUT2D eigenvalue weighted by Gasteiger charge is -2.22. The van der Waals surface area contributed by atoms with Crippen molar-refractivity contribution >= 4 is 0 Å². The van der Waals surface area contributed by atoms with E-state index in [1.807, 2.05) is 0 Å². The minimum Gasteiger partial charge on any atom is -0.494 e. The summed E-state index contributed by atoms with van der Waals surface area (Å²) in [4.78, 5) is 0. The van der Waals surface area contributed by atoms with Crippen LogP contribution in [0.4, 0.5) is 0 Å². The molecule has 1 heterocycles. The van der Waals surface area contributed by atoms with Crippen LogP contribution in [0, 0.1) is 5.92 Å². The minimum absolute atomic E-state index is 0.428. The first kappa shape index (κ1) is 16.3. The molecule has 3 nitrogen and oxygen atoms in total. The molecule has 21 heavy (non-hydrogen) atoms. The Morgan fingerprint density at radius 2 is 2.05 bits per heavy atom. The maximum atomic E-state index is 5.66. The highest BCUT2D eigenvalue weighted by atomic mass is 16.5. The molecule has 0 aromatic heterocycles. The van der Waals surface area contributed by atoms with Crippen molar-refractivity contribution < 1.29 is 9.47 Å². The van der Waals surface area contributed by atoms with Gasteiger partial charge < -0.3 is 14.8 Å². The molecule has 1 aliphatic heterocycles. The van der Waals surface area contributed by atoms with Crippen molar-refractivity contribution in [1.82, 2.24) is 5.32 Å². The van der Waals surface area contributed by atoms with Gasteiger partial charge in [0.1, 0.15) is 5.75 Å². The molecule has 3 heteroatoms. The lowest BCUT2D eigenvalue weighted by atomic mass is 9.94. The van der Waals surface area contributed by atoms with Crippen LogP contribution in [0.5, 0.6) is 5.75 Å². The van der Waals surface area contributed by atoms with Crippen LogP contribution < -0.4 is 10.1 Å². The lowest BCUT2D eigenvalue weighted by Crippen LogP contribution is -2.24. The molecule has 1 N–H and O–H groups in total. The van der Waals surface area contributed by atoms with Gasteiger partial charge in [-0.2, -0.15) is 0 Å². The molecule has 118 valence electrons. The smallest absolute Gasteiger partial charge is 0.119 e. The standard InChI is InChI=1S/C18H29NO2/c1-3-10-19-18(13-15-9-12-20-14-15)16-5-7-17(8-6-16)21-11-4-2/h5-8,15,18-19H,3-4,9-14H2,1-2H3. The Kier molecular flexibility index (Phi) is 7.04. The van der Waals surface area contributed by atoms with Crippen molar-refractivity contribution in [2.45, 2.75) is 45.6 Å². The zero-order valence-electron chi connectivity index (χ0n) is 13.4.